The molecule has 0 aliphatic heterocycles. The topological polar surface area (TPSA) is 80.3 Å². The highest BCUT2D eigenvalue weighted by atomic mass is 16.5. The minimum atomic E-state index is -0.456. The molecule has 1 aromatic heterocycles. The molecule has 0 radical (unpaired) electrons. The third-order valence-corrected chi connectivity index (χ3v) is 4.28. The van der Waals surface area contributed by atoms with Gasteiger partial charge in [-0.3, -0.25) is 4.79 Å². The summed E-state index contributed by atoms with van der Waals surface area (Å²) < 4.78 is 4.70. The third kappa shape index (κ3) is 4.73. The van der Waals surface area contributed by atoms with Gasteiger partial charge in [0.1, 0.15) is 5.82 Å². The van der Waals surface area contributed by atoms with Crippen molar-refractivity contribution in [1.29, 1.82) is 0 Å². The molecule has 0 bridgehead atoms. The first-order chi connectivity index (χ1) is 13.6. The van der Waals surface area contributed by atoms with Crippen molar-refractivity contribution in [3.8, 4) is 0 Å². The van der Waals surface area contributed by atoms with Crippen LogP contribution < -0.4 is 10.6 Å². The molecule has 0 fully saturated rings. The SMILES string of the molecule is COC(=O)c1cccc(NC(=O)c2ccnc(NCc3ccccc3C)c2)c1. The van der Waals surface area contributed by atoms with Crippen LogP contribution in [0.5, 0.6) is 0 Å². The average Bonchev–Trinajstić information content (AvgIpc) is 2.73. The number of anilines is 2. The zero-order chi connectivity index (χ0) is 19.9. The Bertz CT molecular complexity index is 1000. The molecule has 0 spiro atoms. The number of nitrogens with one attached hydrogen (secondary N) is 2. The van der Waals surface area contributed by atoms with Crippen LogP contribution in [0.3, 0.4) is 0 Å². The maximum absolute atomic E-state index is 12.6. The van der Waals surface area contributed by atoms with E-state index in [1.165, 1.54) is 18.2 Å². The number of aromatic nitrogens is 1. The number of amides is 1. The van der Waals surface area contributed by atoms with E-state index in [9.17, 15) is 9.59 Å². The number of nitrogens with zero attached hydrogens (tertiary/aromatic N) is 1. The smallest absolute Gasteiger partial charge is 0.337 e. The van der Waals surface area contributed by atoms with E-state index < -0.39 is 5.97 Å². The molecule has 3 aromatic rings. The molecule has 1 amide bonds. The summed E-state index contributed by atoms with van der Waals surface area (Å²) in [6.45, 7) is 2.67. The number of esters is 1. The summed E-state index contributed by atoms with van der Waals surface area (Å²) in [5, 5.41) is 6.03. The van der Waals surface area contributed by atoms with Gasteiger partial charge in [-0.2, -0.15) is 0 Å². The first kappa shape index (κ1) is 19.1. The number of carbonyl (C=O) groups excluding carboxylic acids is 2. The van der Waals surface area contributed by atoms with E-state index >= 15 is 0 Å². The van der Waals surface area contributed by atoms with Crippen molar-refractivity contribution in [3.63, 3.8) is 0 Å². The number of methoxy groups -OCH3 is 1. The number of hydrogen-bond acceptors (Lipinski definition) is 5. The van der Waals surface area contributed by atoms with Crippen molar-refractivity contribution in [3.05, 3.63) is 89.1 Å². The van der Waals surface area contributed by atoms with Crippen molar-refractivity contribution in [2.24, 2.45) is 0 Å². The lowest BCUT2D eigenvalue weighted by molar-refractivity contribution is 0.0600. The van der Waals surface area contributed by atoms with Crippen LogP contribution in [0.15, 0.2) is 66.9 Å². The predicted molar refractivity (Wildman–Crippen MR) is 108 cm³/mol. The van der Waals surface area contributed by atoms with Gasteiger partial charge < -0.3 is 15.4 Å². The fourth-order valence-electron chi connectivity index (χ4n) is 2.71. The third-order valence-electron chi connectivity index (χ3n) is 4.28. The molecule has 6 nitrogen and oxygen atoms in total. The Hall–Kier alpha value is -3.67. The lowest BCUT2D eigenvalue weighted by Crippen LogP contribution is -2.13. The molecular weight excluding hydrogens is 354 g/mol. The number of aryl methyl sites for hydroxylation is 1. The van der Waals surface area contributed by atoms with E-state index in [1.54, 1.807) is 42.6 Å². The summed E-state index contributed by atoms with van der Waals surface area (Å²) in [6, 6.07) is 18.0. The molecule has 142 valence electrons. The zero-order valence-corrected chi connectivity index (χ0v) is 15.7. The normalized spacial score (nSPS) is 10.2. The van der Waals surface area contributed by atoms with Crippen molar-refractivity contribution >= 4 is 23.4 Å². The average molecular weight is 375 g/mol. The van der Waals surface area contributed by atoms with Crippen LogP contribution in [-0.4, -0.2) is 24.0 Å². The van der Waals surface area contributed by atoms with Gasteiger partial charge in [-0.15, -0.1) is 0 Å². The lowest BCUT2D eigenvalue weighted by atomic mass is 10.1. The first-order valence-corrected chi connectivity index (χ1v) is 8.81. The molecule has 0 aliphatic carbocycles. The van der Waals surface area contributed by atoms with Crippen LogP contribution in [-0.2, 0) is 11.3 Å². The molecule has 2 aromatic carbocycles. The van der Waals surface area contributed by atoms with E-state index in [1.807, 2.05) is 18.2 Å². The quantitative estimate of drug-likeness (QED) is 0.636. The van der Waals surface area contributed by atoms with Crippen LogP contribution in [0, 0.1) is 6.92 Å². The van der Waals surface area contributed by atoms with Crippen molar-refractivity contribution in [2.45, 2.75) is 13.5 Å². The molecule has 0 saturated carbocycles. The standard InChI is InChI=1S/C22H21N3O3/c1-15-6-3-4-7-18(15)14-24-20-13-16(10-11-23-20)21(26)25-19-9-5-8-17(12-19)22(27)28-2/h3-13H,14H2,1-2H3,(H,23,24)(H,25,26). The highest BCUT2D eigenvalue weighted by Gasteiger charge is 2.10. The van der Waals surface area contributed by atoms with E-state index in [0.717, 1.165) is 0 Å². The monoisotopic (exact) mass is 375 g/mol. The number of rotatable bonds is 6. The summed E-state index contributed by atoms with van der Waals surface area (Å²) in [5.41, 5.74) is 3.70. The van der Waals surface area contributed by atoms with Crippen molar-refractivity contribution in [1.82, 2.24) is 4.98 Å². The Labute approximate surface area is 163 Å². The van der Waals surface area contributed by atoms with Crippen LogP contribution in [0.25, 0.3) is 0 Å². The van der Waals surface area contributed by atoms with Crippen LogP contribution in [0.2, 0.25) is 0 Å². The van der Waals surface area contributed by atoms with Crippen molar-refractivity contribution < 1.29 is 14.3 Å². The van der Waals surface area contributed by atoms with Gasteiger partial charge in [0.15, 0.2) is 0 Å². The van der Waals surface area contributed by atoms with Gasteiger partial charge in [-0.1, -0.05) is 30.3 Å². The van der Waals surface area contributed by atoms with Crippen LogP contribution >= 0.6 is 0 Å². The molecule has 0 unspecified atom stereocenters. The van der Waals surface area contributed by atoms with E-state index in [4.69, 9.17) is 4.74 Å². The molecule has 0 aliphatic rings. The largest absolute Gasteiger partial charge is 0.465 e. The fourth-order valence-corrected chi connectivity index (χ4v) is 2.71. The second-order valence-electron chi connectivity index (χ2n) is 6.24. The minimum absolute atomic E-state index is 0.289. The van der Waals surface area contributed by atoms with Gasteiger partial charge in [-0.05, 0) is 48.4 Å². The van der Waals surface area contributed by atoms with Gasteiger partial charge >= 0.3 is 5.97 Å². The zero-order valence-electron chi connectivity index (χ0n) is 15.7. The molecule has 1 heterocycles. The maximum atomic E-state index is 12.6. The summed E-state index contributed by atoms with van der Waals surface area (Å²) >= 11 is 0. The van der Waals surface area contributed by atoms with Gasteiger partial charge in [0.2, 0.25) is 0 Å². The van der Waals surface area contributed by atoms with E-state index in [2.05, 4.69) is 28.6 Å². The van der Waals surface area contributed by atoms with Crippen LogP contribution in [0.4, 0.5) is 11.5 Å². The number of benzene rings is 2. The van der Waals surface area contributed by atoms with Gasteiger partial charge in [-0.25, -0.2) is 9.78 Å². The molecule has 2 N–H and O–H groups in total. The van der Waals surface area contributed by atoms with E-state index in [0.29, 0.717) is 29.2 Å². The molecule has 3 rings (SSSR count). The Morgan fingerprint density at radius 3 is 2.61 bits per heavy atom. The molecular formula is C22H21N3O3. The molecule has 0 atom stereocenters. The Kier molecular flexibility index (Phi) is 6.01. The van der Waals surface area contributed by atoms with E-state index in [-0.39, 0.29) is 5.91 Å². The number of ether oxygens (including phenoxy) is 1. The molecule has 6 heteroatoms. The Morgan fingerprint density at radius 2 is 1.82 bits per heavy atom. The van der Waals surface area contributed by atoms with Gasteiger partial charge in [0, 0.05) is 24.0 Å². The summed E-state index contributed by atoms with van der Waals surface area (Å²) in [5.74, 6) is -0.134. The summed E-state index contributed by atoms with van der Waals surface area (Å²) in [7, 11) is 1.32. The molecule has 28 heavy (non-hydrogen) atoms. The molecule has 0 saturated heterocycles. The van der Waals surface area contributed by atoms with Crippen molar-refractivity contribution in [2.75, 3.05) is 17.7 Å². The number of carbonyl (C=O) groups is 2. The predicted octanol–water partition coefficient (Wildman–Crippen LogP) is 4.04. The minimum Gasteiger partial charge on any atom is -0.465 e. The van der Waals surface area contributed by atoms with Crippen LogP contribution in [0.1, 0.15) is 31.8 Å². The van der Waals surface area contributed by atoms with Gasteiger partial charge in [0.25, 0.3) is 5.91 Å². The first-order valence-electron chi connectivity index (χ1n) is 8.81. The Balaban J connectivity index is 1.69. The number of hydrogen-bond donors (Lipinski definition) is 2. The fraction of sp³-hybridized carbons (Fsp3) is 0.136. The number of pyridine rings is 1. The second kappa shape index (κ2) is 8.81. The Morgan fingerprint density at radius 1 is 1.00 bits per heavy atom. The van der Waals surface area contributed by atoms with Gasteiger partial charge in [0.05, 0.1) is 12.7 Å². The summed E-state index contributed by atoms with van der Waals surface area (Å²) in [4.78, 5) is 28.5. The maximum Gasteiger partial charge on any atom is 0.337 e. The second-order valence-corrected chi connectivity index (χ2v) is 6.24. The highest BCUT2D eigenvalue weighted by Crippen LogP contribution is 2.15. The summed E-state index contributed by atoms with van der Waals surface area (Å²) in [6.07, 6.45) is 1.58. The highest BCUT2D eigenvalue weighted by molar-refractivity contribution is 6.05. The lowest BCUT2D eigenvalue weighted by Gasteiger charge is -2.10.